The van der Waals surface area contributed by atoms with Crippen LogP contribution in [0.3, 0.4) is 0 Å². The second-order valence-corrected chi connectivity index (χ2v) is 3.05. The number of nitrogens with one attached hydrogen (secondary N) is 2. The second-order valence-electron chi connectivity index (χ2n) is 3.05. The summed E-state index contributed by atoms with van der Waals surface area (Å²) >= 11 is 0. The predicted molar refractivity (Wildman–Crippen MR) is 52.3 cm³/mol. The van der Waals surface area contributed by atoms with Crippen LogP contribution in [0.5, 0.6) is 0 Å². The van der Waals surface area contributed by atoms with Crippen molar-refractivity contribution in [3.63, 3.8) is 0 Å². The molecule has 2 N–H and O–H groups in total. The van der Waals surface area contributed by atoms with Crippen molar-refractivity contribution in [2.24, 2.45) is 0 Å². The van der Waals surface area contributed by atoms with Crippen molar-refractivity contribution in [2.75, 3.05) is 5.32 Å². The molecule has 0 fully saturated rings. The normalized spacial score (nSPS) is 10.9. The fraction of sp³-hybridized carbons (Fsp3) is 0.222. The zero-order valence-electron chi connectivity index (χ0n) is 7.82. The lowest BCUT2D eigenvalue weighted by Crippen LogP contribution is -2.06. The van der Waals surface area contributed by atoms with Gasteiger partial charge in [0, 0.05) is 12.4 Å². The van der Waals surface area contributed by atoms with Crippen LogP contribution in [-0.2, 0) is 6.54 Å². The Morgan fingerprint density at radius 2 is 2.40 bits per heavy atom. The standard InChI is InChI=1S/C9H10F2N4/c10-8(11)6-15-5-7(4-13-15)14-9-2-1-3-12-9/h1-5,8,12,14H,6H2. The number of aromatic nitrogens is 3. The molecule has 0 aliphatic rings. The first-order valence-corrected chi connectivity index (χ1v) is 4.45. The SMILES string of the molecule is FC(F)Cn1cc(Nc2ccc[nH]2)cn1. The Morgan fingerprint density at radius 1 is 1.53 bits per heavy atom. The van der Waals surface area contributed by atoms with Crippen LogP contribution in [0.4, 0.5) is 20.3 Å². The first-order valence-electron chi connectivity index (χ1n) is 4.45. The number of anilines is 2. The first kappa shape index (κ1) is 9.70. The summed E-state index contributed by atoms with van der Waals surface area (Å²) in [5, 5.41) is 6.79. The van der Waals surface area contributed by atoms with Crippen molar-refractivity contribution >= 4 is 11.5 Å². The predicted octanol–water partition coefficient (Wildman–Crippen LogP) is 2.22. The topological polar surface area (TPSA) is 45.6 Å². The zero-order valence-corrected chi connectivity index (χ0v) is 7.82. The number of hydrogen-bond donors (Lipinski definition) is 2. The second kappa shape index (κ2) is 4.12. The van der Waals surface area contributed by atoms with Gasteiger partial charge in [-0.2, -0.15) is 5.10 Å². The number of nitrogens with zero attached hydrogens (tertiary/aromatic N) is 2. The largest absolute Gasteiger partial charge is 0.348 e. The van der Waals surface area contributed by atoms with Crippen LogP contribution in [0.15, 0.2) is 30.7 Å². The van der Waals surface area contributed by atoms with Crippen molar-refractivity contribution in [1.82, 2.24) is 14.8 Å². The molecule has 0 atom stereocenters. The monoisotopic (exact) mass is 212 g/mol. The van der Waals surface area contributed by atoms with Crippen LogP contribution in [0.25, 0.3) is 0 Å². The number of halogens is 2. The van der Waals surface area contributed by atoms with Gasteiger partial charge in [0.2, 0.25) is 0 Å². The summed E-state index contributed by atoms with van der Waals surface area (Å²) in [6.45, 7) is -0.383. The Bertz CT molecular complexity index is 407. The Hall–Kier alpha value is -1.85. The van der Waals surface area contributed by atoms with E-state index >= 15 is 0 Å². The highest BCUT2D eigenvalue weighted by Gasteiger charge is 2.05. The van der Waals surface area contributed by atoms with Crippen LogP contribution in [0.1, 0.15) is 0 Å². The molecular formula is C9H10F2N4. The lowest BCUT2D eigenvalue weighted by molar-refractivity contribution is 0.122. The van der Waals surface area contributed by atoms with E-state index in [1.54, 1.807) is 6.20 Å². The Kier molecular flexibility index (Phi) is 2.66. The number of aromatic amines is 1. The molecule has 0 aliphatic carbocycles. The van der Waals surface area contributed by atoms with Gasteiger partial charge in [0.05, 0.1) is 11.9 Å². The van der Waals surface area contributed by atoms with Gasteiger partial charge in [-0.25, -0.2) is 8.78 Å². The molecule has 0 spiro atoms. The molecule has 0 unspecified atom stereocenters. The van der Waals surface area contributed by atoms with E-state index in [0.717, 1.165) is 5.82 Å². The molecule has 2 rings (SSSR count). The van der Waals surface area contributed by atoms with Crippen LogP contribution >= 0.6 is 0 Å². The summed E-state index contributed by atoms with van der Waals surface area (Å²) in [4.78, 5) is 2.94. The van der Waals surface area contributed by atoms with Crippen LogP contribution in [0.2, 0.25) is 0 Å². The molecule has 0 radical (unpaired) electrons. The van der Waals surface area contributed by atoms with E-state index in [2.05, 4.69) is 15.4 Å². The lowest BCUT2D eigenvalue weighted by Gasteiger charge is -1.99. The number of rotatable bonds is 4. The van der Waals surface area contributed by atoms with E-state index in [0.29, 0.717) is 5.69 Å². The maximum atomic E-state index is 12.0. The number of hydrogen-bond acceptors (Lipinski definition) is 2. The molecule has 4 nitrogen and oxygen atoms in total. The maximum Gasteiger partial charge on any atom is 0.257 e. The van der Waals surface area contributed by atoms with Crippen LogP contribution < -0.4 is 5.32 Å². The van der Waals surface area contributed by atoms with Crippen molar-refractivity contribution in [2.45, 2.75) is 13.0 Å². The van der Waals surface area contributed by atoms with E-state index in [4.69, 9.17) is 0 Å². The minimum Gasteiger partial charge on any atom is -0.348 e. The van der Waals surface area contributed by atoms with Crippen molar-refractivity contribution in [3.8, 4) is 0 Å². The van der Waals surface area contributed by atoms with Crippen LogP contribution in [-0.4, -0.2) is 21.2 Å². The van der Waals surface area contributed by atoms with Crippen LogP contribution in [0, 0.1) is 0 Å². The number of alkyl halides is 2. The molecule has 80 valence electrons. The number of H-pyrrole nitrogens is 1. The molecule has 2 aromatic rings. The Labute approximate surface area is 84.9 Å². The van der Waals surface area contributed by atoms with Gasteiger partial charge < -0.3 is 10.3 Å². The molecule has 0 bridgehead atoms. The highest BCUT2D eigenvalue weighted by atomic mass is 19.3. The summed E-state index contributed by atoms with van der Waals surface area (Å²) in [6, 6.07) is 3.68. The van der Waals surface area contributed by atoms with Gasteiger partial charge in [-0.3, -0.25) is 4.68 Å². The average Bonchev–Trinajstić information content (AvgIpc) is 2.77. The molecule has 2 heterocycles. The van der Waals surface area contributed by atoms with E-state index < -0.39 is 6.43 Å². The van der Waals surface area contributed by atoms with Crippen molar-refractivity contribution in [1.29, 1.82) is 0 Å². The summed E-state index contributed by atoms with van der Waals surface area (Å²) in [7, 11) is 0. The van der Waals surface area contributed by atoms with E-state index in [9.17, 15) is 8.78 Å². The molecule has 15 heavy (non-hydrogen) atoms. The van der Waals surface area contributed by atoms with Gasteiger partial charge in [-0.1, -0.05) is 0 Å². The Balaban J connectivity index is 2.01. The molecule has 0 aromatic carbocycles. The average molecular weight is 212 g/mol. The summed E-state index contributed by atoms with van der Waals surface area (Å²) in [6.07, 6.45) is 2.42. The fourth-order valence-corrected chi connectivity index (χ4v) is 1.23. The van der Waals surface area contributed by atoms with E-state index in [-0.39, 0.29) is 6.54 Å². The molecule has 6 heteroatoms. The van der Waals surface area contributed by atoms with Gasteiger partial charge in [-0.05, 0) is 12.1 Å². The van der Waals surface area contributed by atoms with Crippen molar-refractivity contribution in [3.05, 3.63) is 30.7 Å². The first-order chi connectivity index (χ1) is 7.24. The molecule has 0 saturated carbocycles. The van der Waals surface area contributed by atoms with E-state index in [1.165, 1.54) is 17.1 Å². The van der Waals surface area contributed by atoms with Gasteiger partial charge in [0.1, 0.15) is 12.4 Å². The van der Waals surface area contributed by atoms with E-state index in [1.807, 2.05) is 12.1 Å². The fourth-order valence-electron chi connectivity index (χ4n) is 1.23. The molecule has 0 saturated heterocycles. The third-order valence-electron chi connectivity index (χ3n) is 1.84. The highest BCUT2D eigenvalue weighted by molar-refractivity contribution is 5.53. The Morgan fingerprint density at radius 3 is 3.07 bits per heavy atom. The molecule has 2 aromatic heterocycles. The smallest absolute Gasteiger partial charge is 0.257 e. The highest BCUT2D eigenvalue weighted by Crippen LogP contribution is 2.13. The maximum absolute atomic E-state index is 12.0. The molecule has 0 aliphatic heterocycles. The summed E-state index contributed by atoms with van der Waals surface area (Å²) in [5.74, 6) is 0.798. The molecule has 0 amide bonds. The van der Waals surface area contributed by atoms with Gasteiger partial charge in [-0.15, -0.1) is 0 Å². The molecular weight excluding hydrogens is 202 g/mol. The third kappa shape index (κ3) is 2.55. The minimum atomic E-state index is -2.39. The third-order valence-corrected chi connectivity index (χ3v) is 1.84. The van der Waals surface area contributed by atoms with Gasteiger partial charge >= 0.3 is 0 Å². The summed E-state index contributed by atoms with van der Waals surface area (Å²) < 4.78 is 25.2. The minimum absolute atomic E-state index is 0.383. The summed E-state index contributed by atoms with van der Waals surface area (Å²) in [5.41, 5.74) is 0.679. The van der Waals surface area contributed by atoms with Gasteiger partial charge in [0.25, 0.3) is 6.43 Å². The zero-order chi connectivity index (χ0) is 10.7. The van der Waals surface area contributed by atoms with Crippen molar-refractivity contribution < 1.29 is 8.78 Å². The lowest BCUT2D eigenvalue weighted by atomic mass is 10.5. The quantitative estimate of drug-likeness (QED) is 0.816. The van der Waals surface area contributed by atoms with Gasteiger partial charge in [0.15, 0.2) is 0 Å².